The first-order chi connectivity index (χ1) is 11.4. The highest BCUT2D eigenvalue weighted by molar-refractivity contribution is 5.55. The third-order valence-corrected chi connectivity index (χ3v) is 4.87. The lowest BCUT2D eigenvalue weighted by molar-refractivity contribution is 0.252. The molecule has 4 rings (SSSR count). The fraction of sp³-hybridized carbons (Fsp3) is 0.556. The summed E-state index contributed by atoms with van der Waals surface area (Å²) in [7, 11) is 0. The molecular formula is C18H23N3O2. The van der Waals surface area contributed by atoms with Crippen molar-refractivity contribution in [1.82, 2.24) is 15.5 Å². The molecule has 1 saturated carbocycles. The van der Waals surface area contributed by atoms with Crippen LogP contribution in [0, 0.1) is 11.8 Å². The third kappa shape index (κ3) is 3.55. The molecule has 1 aromatic carbocycles. The molecule has 1 saturated heterocycles. The molecule has 122 valence electrons. The van der Waals surface area contributed by atoms with Gasteiger partial charge in [-0.1, -0.05) is 18.0 Å². The summed E-state index contributed by atoms with van der Waals surface area (Å²) in [5.74, 6) is 3.68. The molecule has 2 heterocycles. The number of ether oxygens (including phenoxy) is 1. The van der Waals surface area contributed by atoms with Crippen molar-refractivity contribution in [2.24, 2.45) is 11.8 Å². The highest BCUT2D eigenvalue weighted by Gasteiger charge is 2.20. The van der Waals surface area contributed by atoms with Gasteiger partial charge in [-0.25, -0.2) is 0 Å². The van der Waals surface area contributed by atoms with Crippen LogP contribution in [0.1, 0.15) is 31.6 Å². The minimum Gasteiger partial charge on any atom is -0.493 e. The standard InChI is InChI=1S/C18H23N3O2/c1-2-4-13(3-1)12-22-16-7-5-15(6-8-16)18-20-17(23-21-18)9-14-10-19-11-14/h5-8,13-14,19H,1-4,9-12H2. The number of hydrogen-bond acceptors (Lipinski definition) is 5. The average Bonchev–Trinajstić information content (AvgIpc) is 3.21. The number of nitrogens with zero attached hydrogens (tertiary/aromatic N) is 2. The largest absolute Gasteiger partial charge is 0.493 e. The van der Waals surface area contributed by atoms with Gasteiger partial charge in [0.2, 0.25) is 11.7 Å². The van der Waals surface area contributed by atoms with Crippen molar-refractivity contribution in [3.8, 4) is 17.1 Å². The van der Waals surface area contributed by atoms with Crippen LogP contribution in [-0.4, -0.2) is 29.8 Å². The van der Waals surface area contributed by atoms with Crippen LogP contribution < -0.4 is 10.1 Å². The normalized spacial score (nSPS) is 19.0. The minimum absolute atomic E-state index is 0.634. The molecule has 2 aromatic rings. The lowest BCUT2D eigenvalue weighted by Crippen LogP contribution is -2.43. The smallest absolute Gasteiger partial charge is 0.227 e. The van der Waals surface area contributed by atoms with E-state index in [1.165, 1.54) is 25.7 Å². The second-order valence-corrected chi connectivity index (χ2v) is 6.73. The zero-order valence-corrected chi connectivity index (χ0v) is 13.3. The molecule has 2 fully saturated rings. The van der Waals surface area contributed by atoms with Crippen LogP contribution in [0.4, 0.5) is 0 Å². The molecule has 1 aliphatic carbocycles. The van der Waals surface area contributed by atoms with Gasteiger partial charge in [0.25, 0.3) is 0 Å². The van der Waals surface area contributed by atoms with Crippen molar-refractivity contribution in [3.63, 3.8) is 0 Å². The van der Waals surface area contributed by atoms with Gasteiger partial charge >= 0.3 is 0 Å². The van der Waals surface area contributed by atoms with E-state index in [-0.39, 0.29) is 0 Å². The fourth-order valence-electron chi connectivity index (χ4n) is 3.29. The first-order valence-electron chi connectivity index (χ1n) is 8.63. The van der Waals surface area contributed by atoms with Gasteiger partial charge in [0, 0.05) is 12.0 Å². The van der Waals surface area contributed by atoms with E-state index in [9.17, 15) is 0 Å². The van der Waals surface area contributed by atoms with Gasteiger partial charge in [-0.2, -0.15) is 4.98 Å². The lowest BCUT2D eigenvalue weighted by Gasteiger charge is -2.25. The van der Waals surface area contributed by atoms with E-state index in [0.717, 1.165) is 49.2 Å². The van der Waals surface area contributed by atoms with Gasteiger partial charge in [-0.05, 0) is 62.0 Å². The summed E-state index contributed by atoms with van der Waals surface area (Å²) >= 11 is 0. The summed E-state index contributed by atoms with van der Waals surface area (Å²) in [6, 6.07) is 8.00. The Kier molecular flexibility index (Phi) is 4.28. The van der Waals surface area contributed by atoms with Crippen molar-refractivity contribution >= 4 is 0 Å². The molecule has 1 aliphatic heterocycles. The van der Waals surface area contributed by atoms with Gasteiger partial charge < -0.3 is 14.6 Å². The minimum atomic E-state index is 0.634. The zero-order valence-electron chi connectivity index (χ0n) is 13.3. The lowest BCUT2D eigenvalue weighted by atomic mass is 10.00. The summed E-state index contributed by atoms with van der Waals surface area (Å²) in [5, 5.41) is 7.34. The second-order valence-electron chi connectivity index (χ2n) is 6.73. The predicted octanol–water partition coefficient (Wildman–Crippen LogP) is 3.07. The van der Waals surface area contributed by atoms with E-state index in [1.54, 1.807) is 0 Å². The van der Waals surface area contributed by atoms with E-state index < -0.39 is 0 Å². The molecular weight excluding hydrogens is 290 g/mol. The summed E-state index contributed by atoms with van der Waals surface area (Å²) in [6.07, 6.45) is 6.18. The van der Waals surface area contributed by atoms with Crippen molar-refractivity contribution in [3.05, 3.63) is 30.2 Å². The summed E-state index contributed by atoms with van der Waals surface area (Å²) in [6.45, 7) is 2.93. The Bertz CT molecular complexity index is 628. The number of nitrogens with one attached hydrogen (secondary N) is 1. The molecule has 0 radical (unpaired) electrons. The third-order valence-electron chi connectivity index (χ3n) is 4.87. The van der Waals surface area contributed by atoms with Gasteiger partial charge in [-0.15, -0.1) is 0 Å². The van der Waals surface area contributed by atoms with Gasteiger partial charge in [-0.3, -0.25) is 0 Å². The van der Waals surface area contributed by atoms with E-state index in [2.05, 4.69) is 15.5 Å². The van der Waals surface area contributed by atoms with Crippen LogP contribution >= 0.6 is 0 Å². The Morgan fingerprint density at radius 2 is 1.87 bits per heavy atom. The SMILES string of the molecule is c1cc(-c2noc(CC3CNC3)n2)ccc1OCC1CCCC1. The maximum atomic E-state index is 5.89. The molecule has 23 heavy (non-hydrogen) atoms. The number of aromatic nitrogens is 2. The maximum Gasteiger partial charge on any atom is 0.227 e. The molecule has 0 bridgehead atoms. The first-order valence-corrected chi connectivity index (χ1v) is 8.63. The van der Waals surface area contributed by atoms with Crippen LogP contribution in [0.3, 0.4) is 0 Å². The van der Waals surface area contributed by atoms with Gasteiger partial charge in [0.15, 0.2) is 0 Å². The Labute approximate surface area is 136 Å². The highest BCUT2D eigenvalue weighted by Crippen LogP contribution is 2.26. The monoisotopic (exact) mass is 313 g/mol. The summed E-state index contributed by atoms with van der Waals surface area (Å²) in [5.41, 5.74) is 0.972. The molecule has 5 nitrogen and oxygen atoms in total. The van der Waals surface area contributed by atoms with Gasteiger partial charge in [0.05, 0.1) is 6.61 Å². The second kappa shape index (κ2) is 6.71. The van der Waals surface area contributed by atoms with E-state index in [4.69, 9.17) is 9.26 Å². The molecule has 1 N–H and O–H groups in total. The number of rotatable bonds is 6. The average molecular weight is 313 g/mol. The zero-order chi connectivity index (χ0) is 15.5. The van der Waals surface area contributed by atoms with Crippen LogP contribution in [0.15, 0.2) is 28.8 Å². The van der Waals surface area contributed by atoms with Crippen molar-refractivity contribution in [2.75, 3.05) is 19.7 Å². The molecule has 5 heteroatoms. The Morgan fingerprint density at radius 1 is 1.09 bits per heavy atom. The van der Waals surface area contributed by atoms with Crippen molar-refractivity contribution < 1.29 is 9.26 Å². The topological polar surface area (TPSA) is 60.2 Å². The Hall–Kier alpha value is -1.88. The number of hydrogen-bond donors (Lipinski definition) is 1. The molecule has 0 amide bonds. The van der Waals surface area contributed by atoms with E-state index in [1.807, 2.05) is 24.3 Å². The fourth-order valence-corrected chi connectivity index (χ4v) is 3.29. The van der Waals surface area contributed by atoms with Crippen molar-refractivity contribution in [1.29, 1.82) is 0 Å². The summed E-state index contributed by atoms with van der Waals surface area (Å²) in [4.78, 5) is 4.49. The predicted molar refractivity (Wildman–Crippen MR) is 87.3 cm³/mol. The van der Waals surface area contributed by atoms with Crippen LogP contribution in [0.2, 0.25) is 0 Å². The van der Waals surface area contributed by atoms with Crippen LogP contribution in [0.25, 0.3) is 11.4 Å². The van der Waals surface area contributed by atoms with E-state index in [0.29, 0.717) is 11.7 Å². The number of benzene rings is 1. The first kappa shape index (κ1) is 14.7. The molecule has 0 spiro atoms. The highest BCUT2D eigenvalue weighted by atomic mass is 16.5. The van der Waals surface area contributed by atoms with Crippen LogP contribution in [0.5, 0.6) is 5.75 Å². The molecule has 0 unspecified atom stereocenters. The quantitative estimate of drug-likeness (QED) is 0.888. The van der Waals surface area contributed by atoms with Crippen LogP contribution in [-0.2, 0) is 6.42 Å². The molecule has 2 aliphatic rings. The molecule has 0 atom stereocenters. The Balaban J connectivity index is 1.35. The Morgan fingerprint density at radius 3 is 2.57 bits per heavy atom. The van der Waals surface area contributed by atoms with Gasteiger partial charge in [0.1, 0.15) is 5.75 Å². The maximum absolute atomic E-state index is 5.89. The van der Waals surface area contributed by atoms with E-state index >= 15 is 0 Å². The van der Waals surface area contributed by atoms with Crippen molar-refractivity contribution in [2.45, 2.75) is 32.1 Å². The summed E-state index contributed by atoms with van der Waals surface area (Å²) < 4.78 is 11.2. The molecule has 1 aromatic heterocycles.